The van der Waals surface area contributed by atoms with Crippen LogP contribution in [0.3, 0.4) is 0 Å². The highest BCUT2D eigenvalue weighted by atomic mass is 35.5. The molecule has 1 saturated heterocycles. The first-order valence-corrected chi connectivity index (χ1v) is 12.6. The number of nitrogens with zero attached hydrogens (tertiary/aromatic N) is 3. The molecule has 0 radical (unpaired) electrons. The number of hydrogen-bond donors (Lipinski definition) is 0. The molecule has 2 aromatic rings. The summed E-state index contributed by atoms with van der Waals surface area (Å²) in [5, 5.41) is 11.2. The van der Waals surface area contributed by atoms with Gasteiger partial charge in [0.25, 0.3) is 11.6 Å². The second-order valence-corrected chi connectivity index (χ2v) is 10.4. The van der Waals surface area contributed by atoms with E-state index in [1.54, 1.807) is 0 Å². The van der Waals surface area contributed by atoms with E-state index in [1.165, 1.54) is 17.0 Å². The fraction of sp³-hybridized carbons (Fsp3) is 0.409. The number of nitro groups is 1. The maximum atomic E-state index is 13.4. The third kappa shape index (κ3) is 5.39. The lowest BCUT2D eigenvalue weighted by molar-refractivity contribution is -0.384. The zero-order valence-corrected chi connectivity index (χ0v) is 19.6. The summed E-state index contributed by atoms with van der Waals surface area (Å²) in [4.78, 5) is 27.7. The van der Waals surface area contributed by atoms with E-state index in [2.05, 4.69) is 18.7 Å². The third-order valence-corrected chi connectivity index (χ3v) is 7.79. The van der Waals surface area contributed by atoms with Crippen LogP contribution in [0.5, 0.6) is 0 Å². The van der Waals surface area contributed by atoms with Gasteiger partial charge >= 0.3 is 0 Å². The molecule has 1 unspecified atom stereocenters. The molecule has 1 amide bonds. The van der Waals surface area contributed by atoms with Crippen LogP contribution >= 0.6 is 11.6 Å². The number of sulfone groups is 1. The topological polar surface area (TPSA) is 101 Å². The van der Waals surface area contributed by atoms with Crippen molar-refractivity contribution in [3.8, 4) is 0 Å². The van der Waals surface area contributed by atoms with Gasteiger partial charge in [-0.05, 0) is 50.1 Å². The van der Waals surface area contributed by atoms with Gasteiger partial charge in [0, 0.05) is 43.0 Å². The molecule has 1 atom stereocenters. The lowest BCUT2D eigenvalue weighted by Gasteiger charge is -2.29. The summed E-state index contributed by atoms with van der Waals surface area (Å²) in [5.74, 6) is -0.561. The Kier molecular flexibility index (Phi) is 7.40. The Balaban J connectivity index is 1.92. The van der Waals surface area contributed by atoms with E-state index >= 15 is 0 Å². The molecule has 32 heavy (non-hydrogen) atoms. The number of halogens is 1. The van der Waals surface area contributed by atoms with Crippen molar-refractivity contribution >= 4 is 38.7 Å². The van der Waals surface area contributed by atoms with Crippen LogP contribution in [-0.4, -0.2) is 54.8 Å². The quantitative estimate of drug-likeness (QED) is 0.420. The first-order chi connectivity index (χ1) is 15.1. The Morgan fingerprint density at radius 2 is 1.81 bits per heavy atom. The van der Waals surface area contributed by atoms with Gasteiger partial charge in [-0.3, -0.25) is 14.9 Å². The van der Waals surface area contributed by atoms with Crippen LogP contribution in [0.4, 0.5) is 11.4 Å². The van der Waals surface area contributed by atoms with Crippen LogP contribution in [0.2, 0.25) is 5.02 Å². The van der Waals surface area contributed by atoms with E-state index in [4.69, 9.17) is 11.6 Å². The van der Waals surface area contributed by atoms with Gasteiger partial charge in [-0.25, -0.2) is 8.42 Å². The summed E-state index contributed by atoms with van der Waals surface area (Å²) in [6.07, 6.45) is 0.335. The number of rotatable bonds is 8. The van der Waals surface area contributed by atoms with Crippen molar-refractivity contribution in [3.63, 3.8) is 0 Å². The molecule has 0 bridgehead atoms. The smallest absolute Gasteiger partial charge is 0.288 e. The number of nitro benzene ring substituents is 1. The summed E-state index contributed by atoms with van der Waals surface area (Å²) in [7, 11) is -3.23. The van der Waals surface area contributed by atoms with E-state index in [9.17, 15) is 23.3 Å². The van der Waals surface area contributed by atoms with Crippen molar-refractivity contribution in [2.75, 3.05) is 29.5 Å². The van der Waals surface area contributed by atoms with Crippen LogP contribution in [-0.2, 0) is 16.4 Å². The second-order valence-electron chi connectivity index (χ2n) is 7.75. The fourth-order valence-electron chi connectivity index (χ4n) is 3.94. The highest BCUT2D eigenvalue weighted by Crippen LogP contribution is 2.28. The molecule has 1 fully saturated rings. The summed E-state index contributed by atoms with van der Waals surface area (Å²) < 4.78 is 24.2. The molecular weight excluding hydrogens is 454 g/mol. The Morgan fingerprint density at radius 3 is 2.34 bits per heavy atom. The Labute approximate surface area is 192 Å². The van der Waals surface area contributed by atoms with Crippen molar-refractivity contribution in [3.05, 3.63) is 68.7 Å². The summed E-state index contributed by atoms with van der Waals surface area (Å²) in [5.41, 5.74) is 1.65. The Morgan fingerprint density at radius 1 is 1.16 bits per heavy atom. The van der Waals surface area contributed by atoms with E-state index in [1.807, 2.05) is 24.3 Å². The molecule has 0 aromatic heterocycles. The zero-order chi connectivity index (χ0) is 23.5. The fourth-order valence-corrected chi connectivity index (χ4v) is 5.85. The number of carbonyl (C=O) groups excluding carboxylic acids is 1. The zero-order valence-electron chi connectivity index (χ0n) is 18.0. The van der Waals surface area contributed by atoms with Crippen molar-refractivity contribution in [2.45, 2.75) is 32.9 Å². The molecular formula is C22H26ClN3O5S. The summed E-state index contributed by atoms with van der Waals surface area (Å²) >= 11 is 5.88. The first-order valence-electron chi connectivity index (χ1n) is 10.4. The standard InChI is InChI=1S/C22H26ClN3O5S/c1-3-24(4-2)18-8-5-16(6-9-18)14-25(19-11-12-32(30,31)15-19)22(27)17-7-10-20(23)21(13-17)26(28)29/h5-10,13,19H,3-4,11-12,14-15H2,1-2H3. The van der Waals surface area contributed by atoms with Crippen LogP contribution in [0.15, 0.2) is 42.5 Å². The number of carbonyl (C=O) groups is 1. The number of amides is 1. The molecule has 1 heterocycles. The molecule has 0 N–H and O–H groups in total. The van der Waals surface area contributed by atoms with E-state index in [0.29, 0.717) is 6.42 Å². The van der Waals surface area contributed by atoms with Crippen LogP contribution < -0.4 is 4.90 Å². The van der Waals surface area contributed by atoms with Gasteiger partial charge in [-0.2, -0.15) is 0 Å². The minimum Gasteiger partial charge on any atom is -0.372 e. The molecule has 0 aliphatic carbocycles. The SMILES string of the molecule is CCN(CC)c1ccc(CN(C(=O)c2ccc(Cl)c([N+](=O)[O-])c2)C2CCS(=O)(=O)C2)cc1. The predicted octanol–water partition coefficient (Wildman–Crippen LogP) is 3.92. The van der Waals surface area contributed by atoms with Gasteiger partial charge < -0.3 is 9.80 Å². The molecule has 8 nitrogen and oxygen atoms in total. The van der Waals surface area contributed by atoms with Gasteiger partial charge in [-0.15, -0.1) is 0 Å². The van der Waals surface area contributed by atoms with Crippen LogP contribution in [0, 0.1) is 10.1 Å². The largest absolute Gasteiger partial charge is 0.372 e. The van der Waals surface area contributed by atoms with E-state index < -0.39 is 26.7 Å². The maximum Gasteiger partial charge on any atom is 0.288 e. The molecule has 172 valence electrons. The molecule has 10 heteroatoms. The summed E-state index contributed by atoms with van der Waals surface area (Å²) in [6, 6.07) is 11.2. The first kappa shape index (κ1) is 24.0. The monoisotopic (exact) mass is 479 g/mol. The lowest BCUT2D eigenvalue weighted by Crippen LogP contribution is -2.40. The lowest BCUT2D eigenvalue weighted by atomic mass is 10.1. The average molecular weight is 480 g/mol. The molecule has 2 aromatic carbocycles. The molecule has 3 rings (SSSR count). The van der Waals surface area contributed by atoms with Gasteiger partial charge in [-0.1, -0.05) is 23.7 Å². The highest BCUT2D eigenvalue weighted by Gasteiger charge is 2.35. The molecule has 0 spiro atoms. The van der Waals surface area contributed by atoms with Crippen LogP contribution in [0.1, 0.15) is 36.2 Å². The Bertz CT molecular complexity index is 1100. The van der Waals surface area contributed by atoms with Gasteiger partial charge in [0.15, 0.2) is 9.84 Å². The van der Waals surface area contributed by atoms with Gasteiger partial charge in [0.1, 0.15) is 5.02 Å². The normalized spacial score (nSPS) is 17.2. The maximum absolute atomic E-state index is 13.4. The average Bonchev–Trinajstić information content (AvgIpc) is 3.13. The Hall–Kier alpha value is -2.65. The number of benzene rings is 2. The summed E-state index contributed by atoms with van der Waals surface area (Å²) in [6.45, 7) is 6.09. The molecule has 1 aliphatic rings. The second kappa shape index (κ2) is 9.87. The van der Waals surface area contributed by atoms with E-state index in [-0.39, 0.29) is 34.3 Å². The third-order valence-electron chi connectivity index (χ3n) is 5.72. The molecule has 1 aliphatic heterocycles. The van der Waals surface area contributed by atoms with Gasteiger partial charge in [0.05, 0.1) is 16.4 Å². The van der Waals surface area contributed by atoms with Gasteiger partial charge in [0.2, 0.25) is 0 Å². The van der Waals surface area contributed by atoms with Crippen molar-refractivity contribution in [1.82, 2.24) is 4.90 Å². The minimum atomic E-state index is -3.23. The van der Waals surface area contributed by atoms with Crippen molar-refractivity contribution in [2.24, 2.45) is 0 Å². The minimum absolute atomic E-state index is 0.0170. The molecule has 0 saturated carbocycles. The van der Waals surface area contributed by atoms with Crippen LogP contribution in [0.25, 0.3) is 0 Å². The number of anilines is 1. The van der Waals surface area contributed by atoms with Crippen molar-refractivity contribution < 1.29 is 18.1 Å². The highest BCUT2D eigenvalue weighted by molar-refractivity contribution is 7.91. The predicted molar refractivity (Wildman–Crippen MR) is 125 cm³/mol. The van der Waals surface area contributed by atoms with Crippen molar-refractivity contribution in [1.29, 1.82) is 0 Å². The van der Waals surface area contributed by atoms with E-state index in [0.717, 1.165) is 30.4 Å². The number of hydrogen-bond acceptors (Lipinski definition) is 6.